The molecule has 136 valence electrons. The normalized spacial score (nSPS) is 14.8. The van der Waals surface area contributed by atoms with Crippen molar-refractivity contribution in [1.82, 2.24) is 4.90 Å². The lowest BCUT2D eigenvalue weighted by molar-refractivity contribution is 0.461. The van der Waals surface area contributed by atoms with E-state index >= 15 is 0 Å². The molecular weight excluding hydrogens is 360 g/mol. The van der Waals surface area contributed by atoms with Crippen molar-refractivity contribution in [3.63, 3.8) is 0 Å². The molecule has 0 amide bonds. The van der Waals surface area contributed by atoms with Crippen LogP contribution in [-0.4, -0.2) is 40.6 Å². The van der Waals surface area contributed by atoms with Crippen LogP contribution in [0.2, 0.25) is 0 Å². The maximum Gasteiger partial charge on any atom is 0.173 e. The number of thiocarbonyl (C=S) groups is 1. The van der Waals surface area contributed by atoms with E-state index in [1.165, 1.54) is 11.1 Å². The van der Waals surface area contributed by atoms with Crippen LogP contribution >= 0.6 is 24.0 Å². The van der Waals surface area contributed by atoms with Gasteiger partial charge in [0, 0.05) is 30.2 Å². The SMILES string of the molecule is Cc1ccc(NC(=S)N2CCN=C(Nc3ccc(C)cc3)SCC2)cc1. The van der Waals surface area contributed by atoms with Gasteiger partial charge in [0.1, 0.15) is 0 Å². The highest BCUT2D eigenvalue weighted by molar-refractivity contribution is 8.14. The Balaban J connectivity index is 1.54. The van der Waals surface area contributed by atoms with Crippen LogP contribution in [0.25, 0.3) is 0 Å². The Bertz CT molecular complexity index is 769. The van der Waals surface area contributed by atoms with Crippen molar-refractivity contribution in [2.75, 3.05) is 36.0 Å². The standard InChI is InChI=1S/C20H24N4S2/c1-15-3-7-17(8-4-15)22-19-21-11-12-24(13-14-26-19)20(25)23-18-9-5-16(2)6-10-18/h3-10H,11-14H2,1-2H3,(H,21,22)(H,23,25). The molecule has 1 heterocycles. The second-order valence-corrected chi connectivity index (χ2v) is 7.78. The van der Waals surface area contributed by atoms with E-state index in [0.29, 0.717) is 0 Å². The minimum atomic E-state index is 0.719. The van der Waals surface area contributed by atoms with Gasteiger partial charge in [0.25, 0.3) is 0 Å². The van der Waals surface area contributed by atoms with E-state index in [9.17, 15) is 0 Å². The van der Waals surface area contributed by atoms with Crippen LogP contribution in [0.3, 0.4) is 0 Å². The van der Waals surface area contributed by atoms with Crippen LogP contribution in [-0.2, 0) is 0 Å². The van der Waals surface area contributed by atoms with E-state index in [4.69, 9.17) is 17.2 Å². The van der Waals surface area contributed by atoms with Crippen molar-refractivity contribution in [1.29, 1.82) is 0 Å². The van der Waals surface area contributed by atoms with E-state index in [0.717, 1.165) is 47.0 Å². The summed E-state index contributed by atoms with van der Waals surface area (Å²) in [5.74, 6) is 0.938. The number of benzene rings is 2. The van der Waals surface area contributed by atoms with Gasteiger partial charge in [0.2, 0.25) is 0 Å². The summed E-state index contributed by atoms with van der Waals surface area (Å²) in [4.78, 5) is 6.88. The number of rotatable bonds is 2. The van der Waals surface area contributed by atoms with E-state index < -0.39 is 0 Å². The van der Waals surface area contributed by atoms with Crippen LogP contribution in [0.1, 0.15) is 11.1 Å². The van der Waals surface area contributed by atoms with Crippen molar-refractivity contribution < 1.29 is 0 Å². The van der Waals surface area contributed by atoms with E-state index in [1.807, 2.05) is 0 Å². The minimum Gasteiger partial charge on any atom is -0.346 e. The van der Waals surface area contributed by atoms with Crippen LogP contribution in [0.15, 0.2) is 53.5 Å². The molecule has 0 spiro atoms. The Morgan fingerprint density at radius 3 is 2.23 bits per heavy atom. The number of nitrogens with zero attached hydrogens (tertiary/aromatic N) is 2. The zero-order chi connectivity index (χ0) is 18.4. The van der Waals surface area contributed by atoms with Gasteiger partial charge in [-0.25, -0.2) is 0 Å². The summed E-state index contributed by atoms with van der Waals surface area (Å²) in [5, 5.41) is 8.48. The lowest BCUT2D eigenvalue weighted by atomic mass is 10.2. The molecule has 0 fully saturated rings. The number of amidine groups is 1. The molecule has 1 aliphatic heterocycles. The van der Waals surface area contributed by atoms with Crippen LogP contribution in [0.5, 0.6) is 0 Å². The molecule has 2 aromatic rings. The Hall–Kier alpha value is -2.05. The molecular formula is C20H24N4S2. The van der Waals surface area contributed by atoms with Crippen molar-refractivity contribution >= 4 is 45.6 Å². The fraction of sp³-hybridized carbons (Fsp3) is 0.300. The monoisotopic (exact) mass is 384 g/mol. The van der Waals surface area contributed by atoms with Crippen molar-refractivity contribution in [3.8, 4) is 0 Å². The summed E-state index contributed by atoms with van der Waals surface area (Å²) >= 11 is 7.32. The summed E-state index contributed by atoms with van der Waals surface area (Å²) in [6.07, 6.45) is 0. The van der Waals surface area contributed by atoms with Crippen LogP contribution in [0.4, 0.5) is 11.4 Å². The molecule has 0 unspecified atom stereocenters. The molecule has 1 aliphatic rings. The summed E-state index contributed by atoms with van der Waals surface area (Å²) in [5.41, 5.74) is 4.61. The maximum atomic E-state index is 5.58. The maximum absolute atomic E-state index is 5.58. The smallest absolute Gasteiger partial charge is 0.173 e. The first-order chi connectivity index (χ1) is 12.6. The molecule has 3 rings (SSSR count). The molecule has 0 radical (unpaired) electrons. The van der Waals surface area contributed by atoms with Crippen molar-refractivity contribution in [2.24, 2.45) is 4.99 Å². The van der Waals surface area contributed by atoms with Gasteiger partial charge in [-0.15, -0.1) is 0 Å². The average molecular weight is 385 g/mol. The average Bonchev–Trinajstić information content (AvgIpc) is 2.61. The zero-order valence-corrected chi connectivity index (χ0v) is 16.8. The number of anilines is 2. The molecule has 0 saturated heterocycles. The van der Waals surface area contributed by atoms with Crippen LogP contribution < -0.4 is 10.6 Å². The van der Waals surface area contributed by atoms with Gasteiger partial charge >= 0.3 is 0 Å². The highest BCUT2D eigenvalue weighted by Gasteiger charge is 2.13. The quantitative estimate of drug-likeness (QED) is 0.745. The minimum absolute atomic E-state index is 0.719. The summed E-state index contributed by atoms with van der Waals surface area (Å²) in [6, 6.07) is 16.7. The fourth-order valence-electron chi connectivity index (χ4n) is 2.56. The third-order valence-corrected chi connectivity index (χ3v) is 5.37. The molecule has 0 aliphatic carbocycles. The predicted octanol–water partition coefficient (Wildman–Crippen LogP) is 4.52. The molecule has 2 N–H and O–H groups in total. The van der Waals surface area contributed by atoms with Crippen LogP contribution in [0, 0.1) is 13.8 Å². The molecule has 6 heteroatoms. The lowest BCUT2D eigenvalue weighted by Crippen LogP contribution is -2.39. The van der Waals surface area contributed by atoms with Gasteiger partial charge < -0.3 is 15.5 Å². The third-order valence-electron chi connectivity index (χ3n) is 4.12. The lowest BCUT2D eigenvalue weighted by Gasteiger charge is -2.27. The topological polar surface area (TPSA) is 39.7 Å². The molecule has 26 heavy (non-hydrogen) atoms. The second-order valence-electron chi connectivity index (χ2n) is 6.31. The summed E-state index contributed by atoms with van der Waals surface area (Å²) in [7, 11) is 0. The Morgan fingerprint density at radius 1 is 0.962 bits per heavy atom. The Morgan fingerprint density at radius 2 is 1.58 bits per heavy atom. The second kappa shape index (κ2) is 9.05. The van der Waals surface area contributed by atoms with E-state index in [-0.39, 0.29) is 0 Å². The molecule has 4 nitrogen and oxygen atoms in total. The number of hydrogen-bond donors (Lipinski definition) is 2. The zero-order valence-electron chi connectivity index (χ0n) is 15.2. The molecule has 0 bridgehead atoms. The summed E-state index contributed by atoms with van der Waals surface area (Å²) < 4.78 is 0. The molecule has 0 saturated carbocycles. The first-order valence-electron chi connectivity index (χ1n) is 8.74. The number of hydrogen-bond acceptors (Lipinski definition) is 4. The van der Waals surface area contributed by atoms with Crippen molar-refractivity contribution in [2.45, 2.75) is 13.8 Å². The van der Waals surface area contributed by atoms with Gasteiger partial charge in [0.05, 0.1) is 6.54 Å². The fourth-order valence-corrected chi connectivity index (χ4v) is 3.74. The molecule has 0 aromatic heterocycles. The van der Waals surface area contributed by atoms with Gasteiger partial charge in [0.15, 0.2) is 10.3 Å². The number of aryl methyl sites for hydroxylation is 2. The van der Waals surface area contributed by atoms with Gasteiger partial charge in [-0.3, -0.25) is 4.99 Å². The first kappa shape index (κ1) is 18.7. The Labute approximate surface area is 165 Å². The number of aliphatic imine (C=N–C) groups is 1. The number of thioether (sulfide) groups is 1. The van der Waals surface area contributed by atoms with Gasteiger partial charge in [-0.1, -0.05) is 47.2 Å². The highest BCUT2D eigenvalue weighted by atomic mass is 32.2. The number of nitrogens with one attached hydrogen (secondary N) is 2. The Kier molecular flexibility index (Phi) is 6.52. The largest absolute Gasteiger partial charge is 0.346 e. The van der Waals surface area contributed by atoms with E-state index in [2.05, 4.69) is 77.9 Å². The molecule has 2 aromatic carbocycles. The predicted molar refractivity (Wildman–Crippen MR) is 119 cm³/mol. The van der Waals surface area contributed by atoms with Gasteiger partial charge in [-0.05, 0) is 50.3 Å². The highest BCUT2D eigenvalue weighted by Crippen LogP contribution is 2.16. The first-order valence-corrected chi connectivity index (χ1v) is 10.1. The summed E-state index contributed by atoms with van der Waals surface area (Å²) in [6.45, 7) is 6.61. The molecule has 0 atom stereocenters. The van der Waals surface area contributed by atoms with Gasteiger partial charge in [-0.2, -0.15) is 0 Å². The third kappa shape index (κ3) is 5.47. The van der Waals surface area contributed by atoms with E-state index in [1.54, 1.807) is 11.8 Å². The van der Waals surface area contributed by atoms with Crippen molar-refractivity contribution in [3.05, 3.63) is 59.7 Å².